The summed E-state index contributed by atoms with van der Waals surface area (Å²) in [6.07, 6.45) is 2.65. The Bertz CT molecular complexity index is 489. The van der Waals surface area contributed by atoms with E-state index in [1.165, 1.54) is 18.6 Å². The molecule has 1 aliphatic rings. The molecule has 2 rings (SSSR count). The highest BCUT2D eigenvalue weighted by Gasteiger charge is 2.16. The molecule has 1 atom stereocenters. The smallest absolute Gasteiger partial charge is 0.292 e. The van der Waals surface area contributed by atoms with Crippen molar-refractivity contribution in [3.8, 4) is 0 Å². The number of rotatable bonds is 6. The van der Waals surface area contributed by atoms with Gasteiger partial charge in [0.25, 0.3) is 5.69 Å². The van der Waals surface area contributed by atoms with Crippen LogP contribution in [-0.2, 0) is 11.3 Å². The Morgan fingerprint density at radius 2 is 2.10 bits per heavy atom. The molecule has 0 unspecified atom stereocenters. The fourth-order valence-electron chi connectivity index (χ4n) is 2.45. The molecule has 0 amide bonds. The van der Waals surface area contributed by atoms with E-state index in [1.807, 2.05) is 0 Å². The van der Waals surface area contributed by atoms with Gasteiger partial charge in [-0.05, 0) is 37.6 Å². The molecule has 116 valence electrons. The molecule has 0 radical (unpaired) electrons. The number of nitro benzene ring substituents is 1. The Kier molecular flexibility index (Phi) is 5.49. The first kappa shape index (κ1) is 15.7. The average Bonchev–Trinajstić information content (AvgIpc) is 2.47. The number of nitro groups is 1. The van der Waals surface area contributed by atoms with Crippen LogP contribution in [0.3, 0.4) is 0 Å². The van der Waals surface area contributed by atoms with Gasteiger partial charge in [-0.15, -0.1) is 0 Å². The van der Waals surface area contributed by atoms with Crippen molar-refractivity contribution >= 4 is 11.4 Å². The van der Waals surface area contributed by atoms with Gasteiger partial charge in [-0.25, -0.2) is 0 Å². The van der Waals surface area contributed by atoms with Crippen LogP contribution < -0.4 is 5.73 Å². The number of ether oxygens (including phenoxy) is 1. The van der Waals surface area contributed by atoms with Crippen molar-refractivity contribution < 1.29 is 14.8 Å². The second kappa shape index (κ2) is 7.35. The SMILES string of the molecule is Nc1ccc(CO[C@@H](O)CN2CCCCC2)cc1[N+](=O)[O-]. The first-order chi connectivity index (χ1) is 10.1. The molecule has 7 heteroatoms. The molecular weight excluding hydrogens is 274 g/mol. The van der Waals surface area contributed by atoms with Crippen LogP contribution in [0.4, 0.5) is 11.4 Å². The van der Waals surface area contributed by atoms with Gasteiger partial charge in [0.1, 0.15) is 5.69 Å². The Morgan fingerprint density at radius 3 is 2.76 bits per heavy atom. The number of nitrogen functional groups attached to an aromatic ring is 1. The van der Waals surface area contributed by atoms with Crippen LogP contribution in [-0.4, -0.2) is 40.9 Å². The minimum absolute atomic E-state index is 0.121. The summed E-state index contributed by atoms with van der Waals surface area (Å²) in [5, 5.41) is 20.7. The van der Waals surface area contributed by atoms with Crippen LogP contribution in [0.15, 0.2) is 18.2 Å². The predicted octanol–water partition coefficient (Wildman–Crippen LogP) is 1.50. The van der Waals surface area contributed by atoms with E-state index >= 15 is 0 Å². The lowest BCUT2D eigenvalue weighted by Crippen LogP contribution is -2.37. The maximum absolute atomic E-state index is 10.8. The zero-order valence-corrected chi connectivity index (χ0v) is 11.9. The summed E-state index contributed by atoms with van der Waals surface area (Å²) in [5.41, 5.74) is 6.14. The van der Waals surface area contributed by atoms with Crippen molar-refractivity contribution in [2.24, 2.45) is 0 Å². The zero-order chi connectivity index (χ0) is 15.2. The normalized spacial score (nSPS) is 17.6. The molecule has 0 aromatic heterocycles. The van der Waals surface area contributed by atoms with Crippen LogP contribution in [0.2, 0.25) is 0 Å². The van der Waals surface area contributed by atoms with E-state index in [0.717, 1.165) is 25.9 Å². The molecular formula is C14H21N3O4. The van der Waals surface area contributed by atoms with Crippen molar-refractivity contribution in [2.45, 2.75) is 32.2 Å². The minimum Gasteiger partial charge on any atom is -0.393 e. The van der Waals surface area contributed by atoms with Crippen LogP contribution in [0.5, 0.6) is 0 Å². The fourth-order valence-corrected chi connectivity index (χ4v) is 2.45. The van der Waals surface area contributed by atoms with Crippen LogP contribution >= 0.6 is 0 Å². The first-order valence-corrected chi connectivity index (χ1v) is 7.11. The maximum atomic E-state index is 10.8. The van der Waals surface area contributed by atoms with Crippen molar-refractivity contribution in [1.82, 2.24) is 4.90 Å². The number of β-amino-alcohol motifs (C(OH)–C–C–N with tert-alkyl or cyclic N) is 1. The molecule has 1 saturated heterocycles. The van der Waals surface area contributed by atoms with Crippen molar-refractivity contribution in [1.29, 1.82) is 0 Å². The number of piperidine rings is 1. The van der Waals surface area contributed by atoms with Crippen molar-refractivity contribution in [2.75, 3.05) is 25.4 Å². The maximum Gasteiger partial charge on any atom is 0.292 e. The molecule has 1 heterocycles. The number of nitrogens with two attached hydrogens (primary N) is 1. The number of benzene rings is 1. The Morgan fingerprint density at radius 1 is 1.38 bits per heavy atom. The predicted molar refractivity (Wildman–Crippen MR) is 78.6 cm³/mol. The van der Waals surface area contributed by atoms with Gasteiger partial charge < -0.3 is 15.6 Å². The van der Waals surface area contributed by atoms with E-state index in [0.29, 0.717) is 12.1 Å². The van der Waals surface area contributed by atoms with E-state index in [2.05, 4.69) is 4.90 Å². The van der Waals surface area contributed by atoms with Gasteiger partial charge in [-0.3, -0.25) is 15.0 Å². The molecule has 1 aromatic carbocycles. The number of hydrogen-bond donors (Lipinski definition) is 2. The topological polar surface area (TPSA) is 102 Å². The van der Waals surface area contributed by atoms with Crippen LogP contribution in [0, 0.1) is 10.1 Å². The third-order valence-electron chi connectivity index (χ3n) is 3.60. The summed E-state index contributed by atoms with van der Waals surface area (Å²) < 4.78 is 5.36. The lowest BCUT2D eigenvalue weighted by Gasteiger charge is -2.28. The second-order valence-corrected chi connectivity index (χ2v) is 5.28. The van der Waals surface area contributed by atoms with Gasteiger partial charge in [0.15, 0.2) is 6.29 Å². The molecule has 1 aliphatic heterocycles. The number of aliphatic hydroxyl groups excluding tert-OH is 1. The minimum atomic E-state index is -0.889. The number of nitrogens with zero attached hydrogens (tertiary/aromatic N) is 2. The largest absolute Gasteiger partial charge is 0.393 e. The Balaban J connectivity index is 1.84. The molecule has 7 nitrogen and oxygen atoms in total. The molecule has 0 spiro atoms. The Hall–Kier alpha value is -1.70. The zero-order valence-electron chi connectivity index (χ0n) is 11.9. The summed E-state index contributed by atoms with van der Waals surface area (Å²) in [6, 6.07) is 4.52. The molecule has 21 heavy (non-hydrogen) atoms. The summed E-state index contributed by atoms with van der Waals surface area (Å²) in [4.78, 5) is 12.4. The summed E-state index contributed by atoms with van der Waals surface area (Å²) in [5.74, 6) is 0. The van der Waals surface area contributed by atoms with Gasteiger partial charge in [0.2, 0.25) is 0 Å². The molecule has 1 fully saturated rings. The quantitative estimate of drug-likeness (QED) is 0.357. The lowest BCUT2D eigenvalue weighted by atomic mass is 10.1. The van der Waals surface area contributed by atoms with E-state index < -0.39 is 11.2 Å². The molecule has 1 aromatic rings. The third-order valence-corrected chi connectivity index (χ3v) is 3.60. The fraction of sp³-hybridized carbons (Fsp3) is 0.571. The Labute approximate surface area is 123 Å². The number of aliphatic hydroxyl groups is 1. The van der Waals surface area contributed by atoms with E-state index in [4.69, 9.17) is 10.5 Å². The van der Waals surface area contributed by atoms with Gasteiger partial charge in [-0.1, -0.05) is 12.5 Å². The van der Waals surface area contributed by atoms with Crippen LogP contribution in [0.25, 0.3) is 0 Å². The van der Waals surface area contributed by atoms with Crippen LogP contribution in [0.1, 0.15) is 24.8 Å². The summed E-state index contributed by atoms with van der Waals surface area (Å²) >= 11 is 0. The average molecular weight is 295 g/mol. The summed E-state index contributed by atoms with van der Waals surface area (Å²) in [7, 11) is 0. The highest BCUT2D eigenvalue weighted by atomic mass is 16.6. The standard InChI is InChI=1S/C14H21N3O4/c15-12-5-4-11(8-13(12)17(19)20)10-21-14(18)9-16-6-2-1-3-7-16/h4-5,8,14,18H,1-3,6-7,9-10,15H2/t14-/m1/s1. The van der Waals surface area contributed by atoms with E-state index in [-0.39, 0.29) is 18.0 Å². The molecule has 0 aliphatic carbocycles. The van der Waals surface area contributed by atoms with Gasteiger partial charge in [-0.2, -0.15) is 0 Å². The number of hydrogen-bond acceptors (Lipinski definition) is 6. The monoisotopic (exact) mass is 295 g/mol. The summed E-state index contributed by atoms with van der Waals surface area (Å²) in [6.45, 7) is 2.55. The lowest BCUT2D eigenvalue weighted by molar-refractivity contribution is -0.384. The highest BCUT2D eigenvalue weighted by molar-refractivity contribution is 5.59. The molecule has 3 N–H and O–H groups in total. The van der Waals surface area contributed by atoms with Gasteiger partial charge in [0, 0.05) is 12.6 Å². The van der Waals surface area contributed by atoms with Gasteiger partial charge >= 0.3 is 0 Å². The van der Waals surface area contributed by atoms with E-state index in [9.17, 15) is 15.2 Å². The third kappa shape index (κ3) is 4.66. The second-order valence-electron chi connectivity index (χ2n) is 5.28. The highest BCUT2D eigenvalue weighted by Crippen LogP contribution is 2.22. The number of likely N-dealkylation sites (tertiary alicyclic amines) is 1. The molecule has 0 saturated carbocycles. The van der Waals surface area contributed by atoms with Crippen molar-refractivity contribution in [3.05, 3.63) is 33.9 Å². The van der Waals surface area contributed by atoms with Crippen molar-refractivity contribution in [3.63, 3.8) is 0 Å². The first-order valence-electron chi connectivity index (χ1n) is 7.11. The number of anilines is 1. The van der Waals surface area contributed by atoms with Gasteiger partial charge in [0.05, 0.1) is 11.5 Å². The molecule has 0 bridgehead atoms. The van der Waals surface area contributed by atoms with E-state index in [1.54, 1.807) is 6.07 Å².